The number of carbonyl (C=O) groups is 1. The van der Waals surface area contributed by atoms with Crippen LogP contribution in [0, 0.1) is 0 Å². The van der Waals surface area contributed by atoms with Crippen molar-refractivity contribution in [3.05, 3.63) is 84.4 Å². The van der Waals surface area contributed by atoms with Crippen molar-refractivity contribution in [3.63, 3.8) is 0 Å². The monoisotopic (exact) mass is 358 g/mol. The number of nitrogens with one attached hydrogen (secondary N) is 2. The van der Waals surface area contributed by atoms with Crippen molar-refractivity contribution in [2.24, 2.45) is 0 Å². The molecule has 0 saturated heterocycles. The fourth-order valence-electron chi connectivity index (χ4n) is 2.86. The number of pyridine rings is 1. The molecule has 0 fully saturated rings. The Bertz CT molecular complexity index is 1050. The highest BCUT2D eigenvalue weighted by Crippen LogP contribution is 2.18. The maximum Gasteiger partial charge on any atom is 0.315 e. The summed E-state index contributed by atoms with van der Waals surface area (Å²) >= 11 is 0. The zero-order valence-corrected chi connectivity index (χ0v) is 14.5. The van der Waals surface area contributed by atoms with E-state index in [0.717, 1.165) is 22.0 Å². The summed E-state index contributed by atoms with van der Waals surface area (Å²) in [6.45, 7) is 0.753. The van der Waals surface area contributed by atoms with Gasteiger partial charge in [0.2, 0.25) is 0 Å². The summed E-state index contributed by atoms with van der Waals surface area (Å²) in [6.07, 6.45) is 5.16. The fraction of sp³-hybridized carbons (Fsp3) is 0.100. The molecule has 0 radical (unpaired) electrons. The number of aromatic nitrogens is 4. The van der Waals surface area contributed by atoms with Crippen LogP contribution in [0.25, 0.3) is 16.5 Å². The number of carbonyl (C=O) groups excluding carboxylic acids is 1. The molecular formula is C20H18N6O. The predicted molar refractivity (Wildman–Crippen MR) is 102 cm³/mol. The Morgan fingerprint density at radius 2 is 1.70 bits per heavy atom. The first kappa shape index (κ1) is 16.7. The van der Waals surface area contributed by atoms with Gasteiger partial charge in [-0.05, 0) is 28.5 Å². The largest absolute Gasteiger partial charge is 0.334 e. The van der Waals surface area contributed by atoms with E-state index in [0.29, 0.717) is 18.8 Å². The molecular weight excluding hydrogens is 340 g/mol. The highest BCUT2D eigenvalue weighted by molar-refractivity contribution is 5.86. The third-order valence-corrected chi connectivity index (χ3v) is 4.22. The topological polar surface area (TPSA) is 84.7 Å². The zero-order valence-electron chi connectivity index (χ0n) is 14.5. The molecule has 27 heavy (non-hydrogen) atoms. The molecule has 2 heterocycles. The van der Waals surface area contributed by atoms with Gasteiger partial charge < -0.3 is 10.6 Å². The van der Waals surface area contributed by atoms with E-state index < -0.39 is 0 Å². The van der Waals surface area contributed by atoms with E-state index in [9.17, 15) is 4.79 Å². The van der Waals surface area contributed by atoms with Crippen LogP contribution in [0.3, 0.4) is 0 Å². The van der Waals surface area contributed by atoms with Crippen molar-refractivity contribution >= 4 is 16.8 Å². The van der Waals surface area contributed by atoms with Crippen LogP contribution < -0.4 is 10.6 Å². The van der Waals surface area contributed by atoms with E-state index >= 15 is 0 Å². The third kappa shape index (κ3) is 3.92. The molecule has 0 aliphatic heterocycles. The summed E-state index contributed by atoms with van der Waals surface area (Å²) < 4.78 is 1.65. The van der Waals surface area contributed by atoms with Crippen LogP contribution in [-0.4, -0.2) is 26.0 Å². The van der Waals surface area contributed by atoms with Gasteiger partial charge >= 0.3 is 6.03 Å². The van der Waals surface area contributed by atoms with E-state index in [4.69, 9.17) is 0 Å². The van der Waals surface area contributed by atoms with Gasteiger partial charge in [0.15, 0.2) is 0 Å². The summed E-state index contributed by atoms with van der Waals surface area (Å²) in [5.74, 6) is 0. The lowest BCUT2D eigenvalue weighted by atomic mass is 10.0. The molecule has 4 aromatic rings. The van der Waals surface area contributed by atoms with Crippen LogP contribution in [0.1, 0.15) is 11.3 Å². The van der Waals surface area contributed by atoms with Gasteiger partial charge in [0.05, 0.1) is 18.4 Å². The van der Waals surface area contributed by atoms with Gasteiger partial charge in [0, 0.05) is 18.9 Å². The lowest BCUT2D eigenvalue weighted by Gasteiger charge is -2.09. The van der Waals surface area contributed by atoms with Gasteiger partial charge in [-0.3, -0.25) is 4.98 Å². The van der Waals surface area contributed by atoms with Gasteiger partial charge in [0.25, 0.3) is 0 Å². The third-order valence-electron chi connectivity index (χ3n) is 4.22. The minimum absolute atomic E-state index is 0.249. The average molecular weight is 358 g/mol. The number of rotatable bonds is 5. The van der Waals surface area contributed by atoms with Gasteiger partial charge in [-0.25, -0.2) is 9.48 Å². The number of hydrogen-bond donors (Lipinski definition) is 2. The van der Waals surface area contributed by atoms with E-state index in [1.807, 2.05) is 36.4 Å². The van der Waals surface area contributed by atoms with Crippen LogP contribution in [0.15, 0.2) is 73.2 Å². The molecule has 2 amide bonds. The SMILES string of the molecule is O=C(NCc1cn(-c2ccncc2)nn1)NCc1cccc2ccccc12. The Kier molecular flexibility index (Phi) is 4.74. The molecule has 134 valence electrons. The molecule has 0 aliphatic carbocycles. The highest BCUT2D eigenvalue weighted by atomic mass is 16.2. The minimum Gasteiger partial charge on any atom is -0.334 e. The van der Waals surface area contributed by atoms with E-state index in [1.165, 1.54) is 0 Å². The molecule has 2 N–H and O–H groups in total. The highest BCUT2D eigenvalue weighted by Gasteiger charge is 2.06. The van der Waals surface area contributed by atoms with Crippen molar-refractivity contribution < 1.29 is 4.79 Å². The molecule has 2 aromatic carbocycles. The van der Waals surface area contributed by atoms with Gasteiger partial charge in [-0.1, -0.05) is 47.7 Å². The molecule has 0 unspecified atom stereocenters. The predicted octanol–water partition coefficient (Wildman–Crippen LogP) is 2.81. The van der Waals surface area contributed by atoms with Crippen molar-refractivity contribution in [2.75, 3.05) is 0 Å². The zero-order chi connectivity index (χ0) is 18.5. The number of fused-ring (bicyclic) bond motifs is 1. The van der Waals surface area contributed by atoms with Crippen LogP contribution >= 0.6 is 0 Å². The van der Waals surface area contributed by atoms with E-state index in [2.05, 4.69) is 44.1 Å². The lowest BCUT2D eigenvalue weighted by molar-refractivity contribution is 0.240. The Morgan fingerprint density at radius 3 is 2.59 bits per heavy atom. The van der Waals surface area contributed by atoms with Crippen LogP contribution in [-0.2, 0) is 13.1 Å². The molecule has 0 bridgehead atoms. The van der Waals surface area contributed by atoms with Crippen molar-refractivity contribution in [3.8, 4) is 5.69 Å². The molecule has 7 nitrogen and oxygen atoms in total. The Morgan fingerprint density at radius 1 is 0.926 bits per heavy atom. The lowest BCUT2D eigenvalue weighted by Crippen LogP contribution is -2.34. The summed E-state index contributed by atoms with van der Waals surface area (Å²) in [7, 11) is 0. The maximum absolute atomic E-state index is 12.1. The van der Waals surface area contributed by atoms with Crippen molar-refractivity contribution in [2.45, 2.75) is 13.1 Å². The second-order valence-electron chi connectivity index (χ2n) is 6.03. The number of amides is 2. The van der Waals surface area contributed by atoms with E-state index in [-0.39, 0.29) is 6.03 Å². The van der Waals surface area contributed by atoms with Gasteiger partial charge in [-0.2, -0.15) is 0 Å². The Hall–Kier alpha value is -3.74. The first-order valence-corrected chi connectivity index (χ1v) is 8.59. The van der Waals surface area contributed by atoms with Crippen molar-refractivity contribution in [1.82, 2.24) is 30.6 Å². The van der Waals surface area contributed by atoms with E-state index in [1.54, 1.807) is 23.3 Å². The number of nitrogens with zero attached hydrogens (tertiary/aromatic N) is 4. The van der Waals surface area contributed by atoms with Crippen LogP contribution in [0.2, 0.25) is 0 Å². The summed E-state index contributed by atoms with van der Waals surface area (Å²) in [4.78, 5) is 16.1. The molecule has 0 spiro atoms. The summed E-state index contributed by atoms with van der Waals surface area (Å²) in [5, 5.41) is 16.1. The number of hydrogen-bond acceptors (Lipinski definition) is 4. The minimum atomic E-state index is -0.249. The van der Waals surface area contributed by atoms with Gasteiger partial charge in [0.1, 0.15) is 5.69 Å². The second-order valence-corrected chi connectivity index (χ2v) is 6.03. The summed E-state index contributed by atoms with van der Waals surface area (Å²) in [5.41, 5.74) is 2.61. The maximum atomic E-state index is 12.1. The van der Waals surface area contributed by atoms with Crippen LogP contribution in [0.5, 0.6) is 0 Å². The number of urea groups is 1. The normalized spacial score (nSPS) is 10.7. The average Bonchev–Trinajstić information content (AvgIpc) is 3.20. The van der Waals surface area contributed by atoms with Crippen LogP contribution in [0.4, 0.5) is 4.79 Å². The molecule has 4 rings (SSSR count). The quantitative estimate of drug-likeness (QED) is 0.574. The second kappa shape index (κ2) is 7.65. The fourth-order valence-corrected chi connectivity index (χ4v) is 2.86. The molecule has 0 aliphatic rings. The number of benzene rings is 2. The molecule has 0 saturated carbocycles. The molecule has 7 heteroatoms. The van der Waals surface area contributed by atoms with Crippen molar-refractivity contribution in [1.29, 1.82) is 0 Å². The Labute approximate surface area is 156 Å². The first-order valence-electron chi connectivity index (χ1n) is 8.59. The van der Waals surface area contributed by atoms with Gasteiger partial charge in [-0.15, -0.1) is 5.10 Å². The summed E-state index contributed by atoms with van der Waals surface area (Å²) in [6, 6.07) is 17.6. The standard InChI is InChI=1S/C20H18N6O/c27-20(22-12-16-6-3-5-15-4-1-2-7-19(15)16)23-13-17-14-26(25-24-17)18-8-10-21-11-9-18/h1-11,14H,12-13H2,(H2,22,23,27). The molecule has 2 aromatic heterocycles. The molecule has 0 atom stereocenters. The first-order chi connectivity index (χ1) is 13.3. The Balaban J connectivity index is 1.33. The smallest absolute Gasteiger partial charge is 0.315 e.